The highest BCUT2D eigenvalue weighted by Gasteiger charge is 2.34. The van der Waals surface area contributed by atoms with Gasteiger partial charge in [0, 0.05) is 35.4 Å². The summed E-state index contributed by atoms with van der Waals surface area (Å²) in [4.78, 5) is 16.3. The Bertz CT molecular complexity index is 662. The maximum absolute atomic E-state index is 13.5. The van der Waals surface area contributed by atoms with E-state index in [9.17, 15) is 13.6 Å². The van der Waals surface area contributed by atoms with Crippen LogP contribution in [0.4, 0.5) is 19.3 Å². The minimum absolute atomic E-state index is 0.0124. The van der Waals surface area contributed by atoms with Crippen LogP contribution in [0.15, 0.2) is 22.7 Å². The molecule has 0 N–H and O–H groups in total. The monoisotopic (exact) mass is 446 g/mol. The van der Waals surface area contributed by atoms with Crippen molar-refractivity contribution in [1.29, 1.82) is 0 Å². The van der Waals surface area contributed by atoms with E-state index in [2.05, 4.69) is 29.8 Å². The molecule has 0 bridgehead atoms. The van der Waals surface area contributed by atoms with Gasteiger partial charge in [0.2, 0.25) is 0 Å². The molecule has 1 heterocycles. The van der Waals surface area contributed by atoms with E-state index in [1.807, 2.05) is 25.7 Å². The van der Waals surface area contributed by atoms with Crippen LogP contribution in [0.2, 0.25) is 0 Å². The van der Waals surface area contributed by atoms with Gasteiger partial charge in [-0.1, -0.05) is 29.8 Å². The topological polar surface area (TPSA) is 32.8 Å². The number of carbonyl (C=O) groups is 1. The molecule has 1 aromatic rings. The van der Waals surface area contributed by atoms with E-state index in [-0.39, 0.29) is 17.7 Å². The highest BCUT2D eigenvalue weighted by atomic mass is 79.9. The second kappa shape index (κ2) is 8.76. The summed E-state index contributed by atoms with van der Waals surface area (Å²) in [6.45, 7) is 11.2. The zero-order valence-corrected chi connectivity index (χ0v) is 18.2. The summed E-state index contributed by atoms with van der Waals surface area (Å²) in [5, 5.41) is 0. The lowest BCUT2D eigenvalue weighted by atomic mass is 9.99. The molecule has 1 unspecified atom stereocenters. The summed E-state index contributed by atoms with van der Waals surface area (Å²) in [5.41, 5.74) is -0.0188. The van der Waals surface area contributed by atoms with Gasteiger partial charge >= 0.3 is 6.09 Å². The molecule has 1 aromatic carbocycles. The SMILES string of the molecule is CC(C)CC1CN(c2ccc(Br)cc2C(F)F)CCN1C(=O)OC(C)(C)C. The highest BCUT2D eigenvalue weighted by Crippen LogP contribution is 2.34. The molecule has 0 saturated carbocycles. The van der Waals surface area contributed by atoms with Crippen LogP contribution in [0.25, 0.3) is 0 Å². The summed E-state index contributed by atoms with van der Waals surface area (Å²) in [7, 11) is 0. The first kappa shape index (κ1) is 21.9. The van der Waals surface area contributed by atoms with Gasteiger partial charge in [0.1, 0.15) is 5.60 Å². The number of nitrogens with zero attached hydrogens (tertiary/aromatic N) is 2. The fourth-order valence-corrected chi connectivity index (χ4v) is 3.75. The standard InChI is InChI=1S/C20H29BrF2N2O2/c1-13(2)10-15-12-24(8-9-25(15)19(26)27-20(3,4)5)17-7-6-14(21)11-16(17)18(22)23/h6-7,11,13,15,18H,8-10,12H2,1-5H3. The van der Waals surface area contributed by atoms with Gasteiger partial charge in [-0.25, -0.2) is 13.6 Å². The van der Waals surface area contributed by atoms with Crippen molar-refractivity contribution in [3.63, 3.8) is 0 Å². The number of carbonyl (C=O) groups excluding carboxylic acids is 1. The number of benzene rings is 1. The van der Waals surface area contributed by atoms with Gasteiger partial charge in [-0.05, 0) is 51.3 Å². The van der Waals surface area contributed by atoms with E-state index < -0.39 is 12.0 Å². The Morgan fingerprint density at radius 1 is 1.30 bits per heavy atom. The molecule has 0 radical (unpaired) electrons. The van der Waals surface area contributed by atoms with E-state index in [4.69, 9.17) is 4.74 Å². The van der Waals surface area contributed by atoms with Crippen molar-refractivity contribution < 1.29 is 18.3 Å². The third kappa shape index (κ3) is 6.06. The third-order valence-corrected chi connectivity index (χ3v) is 4.91. The summed E-state index contributed by atoms with van der Waals surface area (Å²) < 4.78 is 33.2. The Hall–Kier alpha value is -1.37. The molecular weight excluding hydrogens is 418 g/mol. The largest absolute Gasteiger partial charge is 0.444 e. The Labute approximate surface area is 169 Å². The number of hydrogen-bond acceptors (Lipinski definition) is 3. The molecule has 2 rings (SSSR count). The predicted octanol–water partition coefficient (Wildman–Crippen LogP) is 5.86. The van der Waals surface area contributed by atoms with Crippen LogP contribution >= 0.6 is 15.9 Å². The number of anilines is 1. The van der Waals surface area contributed by atoms with Crippen molar-refractivity contribution >= 4 is 27.7 Å². The van der Waals surface area contributed by atoms with Crippen molar-refractivity contribution in [2.75, 3.05) is 24.5 Å². The Kier molecular flexibility index (Phi) is 7.11. The van der Waals surface area contributed by atoms with Crippen LogP contribution in [0.1, 0.15) is 53.0 Å². The molecule has 7 heteroatoms. The average Bonchev–Trinajstić information content (AvgIpc) is 2.52. The molecule has 152 valence electrons. The summed E-state index contributed by atoms with van der Waals surface area (Å²) in [6.07, 6.45) is -2.10. The van der Waals surface area contributed by atoms with Crippen molar-refractivity contribution in [2.45, 2.75) is 59.1 Å². The van der Waals surface area contributed by atoms with E-state index >= 15 is 0 Å². The molecule has 1 aliphatic heterocycles. The van der Waals surface area contributed by atoms with Gasteiger partial charge in [0.05, 0.1) is 6.04 Å². The fourth-order valence-electron chi connectivity index (χ4n) is 3.37. The smallest absolute Gasteiger partial charge is 0.410 e. The number of ether oxygens (including phenoxy) is 1. The molecule has 1 amide bonds. The Morgan fingerprint density at radius 3 is 2.52 bits per heavy atom. The quantitative estimate of drug-likeness (QED) is 0.580. The molecule has 27 heavy (non-hydrogen) atoms. The van der Waals surface area contributed by atoms with Crippen molar-refractivity contribution in [3.05, 3.63) is 28.2 Å². The van der Waals surface area contributed by atoms with Crippen molar-refractivity contribution in [2.24, 2.45) is 5.92 Å². The van der Waals surface area contributed by atoms with Gasteiger partial charge in [0.25, 0.3) is 6.43 Å². The molecule has 1 fully saturated rings. The van der Waals surface area contributed by atoms with Crippen LogP contribution in [0.3, 0.4) is 0 Å². The first-order valence-electron chi connectivity index (χ1n) is 9.30. The number of rotatable bonds is 4. The zero-order chi connectivity index (χ0) is 20.4. The minimum Gasteiger partial charge on any atom is -0.444 e. The van der Waals surface area contributed by atoms with Gasteiger partial charge in [-0.15, -0.1) is 0 Å². The summed E-state index contributed by atoms with van der Waals surface area (Å²) in [6, 6.07) is 4.89. The number of piperazine rings is 1. The lowest BCUT2D eigenvalue weighted by Gasteiger charge is -2.43. The van der Waals surface area contributed by atoms with Crippen LogP contribution in [0, 0.1) is 5.92 Å². The molecule has 0 aromatic heterocycles. The highest BCUT2D eigenvalue weighted by molar-refractivity contribution is 9.10. The molecule has 1 atom stereocenters. The number of amides is 1. The molecule has 4 nitrogen and oxygen atoms in total. The number of hydrogen-bond donors (Lipinski definition) is 0. The molecule has 0 spiro atoms. The molecule has 1 saturated heterocycles. The fraction of sp³-hybridized carbons (Fsp3) is 0.650. The lowest BCUT2D eigenvalue weighted by molar-refractivity contribution is 0.0119. The third-order valence-electron chi connectivity index (χ3n) is 4.42. The maximum atomic E-state index is 13.5. The van der Waals surface area contributed by atoms with Crippen molar-refractivity contribution in [3.8, 4) is 0 Å². The van der Waals surface area contributed by atoms with Gasteiger partial charge in [-0.2, -0.15) is 0 Å². The summed E-state index contributed by atoms with van der Waals surface area (Å²) >= 11 is 3.27. The Balaban J connectivity index is 2.24. The van der Waals surface area contributed by atoms with E-state index in [1.54, 1.807) is 17.0 Å². The van der Waals surface area contributed by atoms with E-state index in [0.717, 1.165) is 6.42 Å². The van der Waals surface area contributed by atoms with Gasteiger partial charge < -0.3 is 14.5 Å². The normalized spacial score (nSPS) is 18.4. The average molecular weight is 447 g/mol. The molecular formula is C20H29BrF2N2O2. The minimum atomic E-state index is -2.55. The van der Waals surface area contributed by atoms with Crippen molar-refractivity contribution in [1.82, 2.24) is 4.90 Å². The van der Waals surface area contributed by atoms with E-state index in [0.29, 0.717) is 35.7 Å². The number of alkyl halides is 2. The molecule has 1 aliphatic rings. The summed E-state index contributed by atoms with van der Waals surface area (Å²) in [5.74, 6) is 0.374. The van der Waals surface area contributed by atoms with Gasteiger partial charge in [-0.3, -0.25) is 0 Å². The van der Waals surface area contributed by atoms with E-state index in [1.165, 1.54) is 6.07 Å². The lowest BCUT2D eigenvalue weighted by Crippen LogP contribution is -2.56. The molecule has 0 aliphatic carbocycles. The van der Waals surface area contributed by atoms with Crippen LogP contribution in [-0.2, 0) is 4.74 Å². The predicted molar refractivity (Wildman–Crippen MR) is 107 cm³/mol. The number of halogens is 3. The second-order valence-electron chi connectivity index (χ2n) is 8.41. The van der Waals surface area contributed by atoms with Gasteiger partial charge in [0.15, 0.2) is 0 Å². The first-order chi connectivity index (χ1) is 12.5. The van der Waals surface area contributed by atoms with Crippen LogP contribution in [0.5, 0.6) is 0 Å². The Morgan fingerprint density at radius 2 is 1.96 bits per heavy atom. The maximum Gasteiger partial charge on any atom is 0.410 e. The first-order valence-corrected chi connectivity index (χ1v) is 10.1. The van der Waals surface area contributed by atoms with Crippen LogP contribution < -0.4 is 4.90 Å². The second-order valence-corrected chi connectivity index (χ2v) is 9.32. The zero-order valence-electron chi connectivity index (χ0n) is 16.6. The van der Waals surface area contributed by atoms with Crippen LogP contribution in [-0.4, -0.2) is 42.3 Å².